The van der Waals surface area contributed by atoms with Gasteiger partial charge in [-0.2, -0.15) is 0 Å². The Bertz CT molecular complexity index is 1030. The first-order valence-corrected chi connectivity index (χ1v) is 9.20. The fourth-order valence-corrected chi connectivity index (χ4v) is 3.25. The van der Waals surface area contributed by atoms with Gasteiger partial charge in [-0.3, -0.25) is 15.1 Å². The van der Waals surface area contributed by atoms with Crippen LogP contribution in [0.1, 0.15) is 15.9 Å². The predicted molar refractivity (Wildman–Crippen MR) is 91.9 cm³/mol. The fourth-order valence-electron chi connectivity index (χ4n) is 2.26. The molecule has 0 atom stereocenters. The number of nitrogens with one attached hydrogen (secondary N) is 2. The molecule has 0 saturated heterocycles. The second kappa shape index (κ2) is 6.44. The van der Waals surface area contributed by atoms with Gasteiger partial charge in [0.2, 0.25) is 5.95 Å². The van der Waals surface area contributed by atoms with Gasteiger partial charge in [0, 0.05) is 18.0 Å². The minimum atomic E-state index is -3.42. The maximum absolute atomic E-state index is 12.3. The minimum Gasteiger partial charge on any atom is -0.306 e. The Balaban J connectivity index is 1.83. The lowest BCUT2D eigenvalue weighted by Gasteiger charge is -2.07. The van der Waals surface area contributed by atoms with Crippen LogP contribution in [0.3, 0.4) is 0 Å². The number of rotatable bonds is 4. The highest BCUT2D eigenvalue weighted by Crippen LogP contribution is 2.18. The summed E-state index contributed by atoms with van der Waals surface area (Å²) in [6.45, 7) is 1.67. The monoisotopic (exact) mass is 357 g/mol. The van der Waals surface area contributed by atoms with Crippen molar-refractivity contribution in [2.75, 3.05) is 11.6 Å². The van der Waals surface area contributed by atoms with Crippen LogP contribution in [0.2, 0.25) is 0 Å². The maximum Gasteiger partial charge on any atom is 0.258 e. The van der Waals surface area contributed by atoms with Gasteiger partial charge >= 0.3 is 0 Å². The number of hydrogen-bond acceptors (Lipinski definition) is 6. The van der Waals surface area contributed by atoms with Crippen molar-refractivity contribution in [3.8, 4) is 11.5 Å². The second-order valence-corrected chi connectivity index (χ2v) is 7.43. The Morgan fingerprint density at radius 2 is 1.96 bits per heavy atom. The van der Waals surface area contributed by atoms with Crippen LogP contribution in [0.4, 0.5) is 5.95 Å². The van der Waals surface area contributed by atoms with Crippen LogP contribution in [0.5, 0.6) is 0 Å². The third-order valence-corrected chi connectivity index (χ3v) is 4.71. The zero-order chi connectivity index (χ0) is 18.0. The molecule has 128 valence electrons. The highest BCUT2D eigenvalue weighted by atomic mass is 32.2. The lowest BCUT2D eigenvalue weighted by molar-refractivity contribution is 0.102. The zero-order valence-corrected chi connectivity index (χ0v) is 14.3. The third-order valence-electron chi connectivity index (χ3n) is 3.48. The fraction of sp³-hybridized carbons (Fsp3) is 0.125. The van der Waals surface area contributed by atoms with Crippen LogP contribution >= 0.6 is 0 Å². The number of nitrogens with zero attached hydrogens (tertiary/aromatic N) is 3. The van der Waals surface area contributed by atoms with Crippen molar-refractivity contribution >= 4 is 21.7 Å². The van der Waals surface area contributed by atoms with E-state index >= 15 is 0 Å². The van der Waals surface area contributed by atoms with Gasteiger partial charge in [-0.15, -0.1) is 10.2 Å². The lowest BCUT2D eigenvalue weighted by Crippen LogP contribution is -2.14. The Hall–Kier alpha value is -3.07. The Kier molecular flexibility index (Phi) is 4.32. The SMILES string of the molecule is Cc1ccc(C(=O)Nc2nnc(-c3ccccn3)[nH]2)cc1S(C)(=O)=O. The molecule has 0 saturated carbocycles. The Morgan fingerprint density at radius 1 is 1.16 bits per heavy atom. The highest BCUT2D eigenvalue weighted by Gasteiger charge is 2.16. The van der Waals surface area contributed by atoms with E-state index in [2.05, 4.69) is 25.5 Å². The van der Waals surface area contributed by atoms with Crippen LogP contribution in [-0.2, 0) is 9.84 Å². The number of carbonyl (C=O) groups excluding carboxylic acids is 1. The lowest BCUT2D eigenvalue weighted by atomic mass is 10.1. The molecular formula is C16H15N5O3S. The van der Waals surface area contributed by atoms with E-state index < -0.39 is 15.7 Å². The number of sulfone groups is 1. The highest BCUT2D eigenvalue weighted by molar-refractivity contribution is 7.90. The van der Waals surface area contributed by atoms with Crippen molar-refractivity contribution in [3.63, 3.8) is 0 Å². The van der Waals surface area contributed by atoms with E-state index in [0.717, 1.165) is 6.26 Å². The van der Waals surface area contributed by atoms with Gasteiger partial charge in [-0.05, 0) is 36.8 Å². The largest absolute Gasteiger partial charge is 0.306 e. The molecule has 3 rings (SSSR count). The number of aromatic amines is 1. The molecule has 2 N–H and O–H groups in total. The van der Waals surface area contributed by atoms with Gasteiger partial charge in [0.1, 0.15) is 5.69 Å². The molecule has 2 heterocycles. The molecule has 0 aliphatic rings. The van der Waals surface area contributed by atoms with E-state index in [4.69, 9.17) is 0 Å². The summed E-state index contributed by atoms with van der Waals surface area (Å²) in [5.74, 6) is 0.0670. The first-order chi connectivity index (χ1) is 11.8. The van der Waals surface area contributed by atoms with Crippen molar-refractivity contribution < 1.29 is 13.2 Å². The number of aryl methyl sites for hydroxylation is 1. The summed E-state index contributed by atoms with van der Waals surface area (Å²) in [6.07, 6.45) is 2.72. The van der Waals surface area contributed by atoms with Crippen LogP contribution < -0.4 is 5.32 Å². The van der Waals surface area contributed by atoms with Gasteiger partial charge < -0.3 is 4.98 Å². The van der Waals surface area contributed by atoms with E-state index in [0.29, 0.717) is 17.1 Å². The molecule has 3 aromatic rings. The molecule has 1 aromatic carbocycles. The van der Waals surface area contributed by atoms with Gasteiger partial charge in [0.25, 0.3) is 5.91 Å². The van der Waals surface area contributed by atoms with Crippen LogP contribution in [0.25, 0.3) is 11.5 Å². The molecule has 9 heteroatoms. The molecule has 0 aliphatic heterocycles. The minimum absolute atomic E-state index is 0.117. The van der Waals surface area contributed by atoms with Crippen LogP contribution in [0, 0.1) is 6.92 Å². The van der Waals surface area contributed by atoms with Crippen molar-refractivity contribution in [1.82, 2.24) is 20.2 Å². The van der Waals surface area contributed by atoms with Crippen molar-refractivity contribution in [1.29, 1.82) is 0 Å². The van der Waals surface area contributed by atoms with Gasteiger partial charge in [-0.25, -0.2) is 8.42 Å². The summed E-state index contributed by atoms with van der Waals surface area (Å²) in [6, 6.07) is 9.82. The smallest absolute Gasteiger partial charge is 0.258 e. The van der Waals surface area contributed by atoms with E-state index in [1.807, 2.05) is 6.07 Å². The normalized spacial score (nSPS) is 11.3. The number of H-pyrrole nitrogens is 1. The summed E-state index contributed by atoms with van der Waals surface area (Å²) in [7, 11) is -3.42. The quantitative estimate of drug-likeness (QED) is 0.735. The van der Waals surface area contributed by atoms with E-state index in [1.165, 1.54) is 6.07 Å². The Morgan fingerprint density at radius 3 is 2.64 bits per heavy atom. The first-order valence-electron chi connectivity index (χ1n) is 7.31. The molecule has 0 bridgehead atoms. The van der Waals surface area contributed by atoms with Crippen molar-refractivity contribution in [2.24, 2.45) is 0 Å². The molecule has 0 unspecified atom stereocenters. The Labute approximate surface area is 144 Å². The first kappa shape index (κ1) is 16.8. The number of pyridine rings is 1. The number of benzene rings is 1. The van der Waals surface area contributed by atoms with E-state index in [9.17, 15) is 13.2 Å². The standard InChI is InChI=1S/C16H15N5O3S/c1-10-6-7-11(9-13(10)25(2,23)24)15(22)19-16-18-14(20-21-16)12-5-3-4-8-17-12/h3-9H,1-2H3,(H2,18,19,20,21,22). The summed E-state index contributed by atoms with van der Waals surface area (Å²) in [5, 5.41) is 10.3. The third kappa shape index (κ3) is 3.72. The van der Waals surface area contributed by atoms with Crippen molar-refractivity contribution in [2.45, 2.75) is 11.8 Å². The second-order valence-electron chi connectivity index (χ2n) is 5.44. The molecule has 1 amide bonds. The number of hydrogen-bond donors (Lipinski definition) is 2. The molecule has 8 nitrogen and oxygen atoms in total. The number of carbonyl (C=O) groups is 1. The summed E-state index contributed by atoms with van der Waals surface area (Å²) in [5.41, 5.74) is 1.38. The average molecular weight is 357 g/mol. The summed E-state index contributed by atoms with van der Waals surface area (Å²) in [4.78, 5) is 19.4. The predicted octanol–water partition coefficient (Wildman–Crippen LogP) is 1.83. The molecule has 0 aliphatic carbocycles. The molecular weight excluding hydrogens is 342 g/mol. The molecule has 0 fully saturated rings. The zero-order valence-electron chi connectivity index (χ0n) is 13.5. The van der Waals surface area contributed by atoms with Gasteiger partial charge in [0.15, 0.2) is 15.7 Å². The average Bonchev–Trinajstić information content (AvgIpc) is 3.03. The number of anilines is 1. The van der Waals surface area contributed by atoms with E-state index in [1.54, 1.807) is 37.4 Å². The summed E-state index contributed by atoms with van der Waals surface area (Å²) < 4.78 is 23.6. The van der Waals surface area contributed by atoms with E-state index in [-0.39, 0.29) is 16.4 Å². The molecule has 2 aromatic heterocycles. The number of aromatic nitrogens is 4. The van der Waals surface area contributed by atoms with Crippen LogP contribution in [0.15, 0.2) is 47.5 Å². The molecule has 25 heavy (non-hydrogen) atoms. The van der Waals surface area contributed by atoms with Gasteiger partial charge in [-0.1, -0.05) is 12.1 Å². The molecule has 0 radical (unpaired) electrons. The topological polar surface area (TPSA) is 118 Å². The van der Waals surface area contributed by atoms with Crippen molar-refractivity contribution in [3.05, 3.63) is 53.7 Å². The summed E-state index contributed by atoms with van der Waals surface area (Å²) >= 11 is 0. The maximum atomic E-state index is 12.3. The van der Waals surface area contributed by atoms with Gasteiger partial charge in [0.05, 0.1) is 4.90 Å². The van der Waals surface area contributed by atoms with Crippen LogP contribution in [-0.4, -0.2) is 40.7 Å². The molecule has 0 spiro atoms. The number of amides is 1.